The fourth-order valence-corrected chi connectivity index (χ4v) is 1.46. The third kappa shape index (κ3) is 5.68. The van der Waals surface area contributed by atoms with Crippen molar-refractivity contribution >= 4 is 11.9 Å². The molecule has 0 aromatic rings. The second kappa shape index (κ2) is 8.06. The highest BCUT2D eigenvalue weighted by Crippen LogP contribution is 2.07. The zero-order chi connectivity index (χ0) is 13.4. The fraction of sp³-hybridized carbons (Fsp3) is 0.833. The van der Waals surface area contributed by atoms with Crippen molar-refractivity contribution in [1.29, 1.82) is 0 Å². The van der Waals surface area contributed by atoms with Gasteiger partial charge in [0.05, 0.1) is 19.6 Å². The van der Waals surface area contributed by atoms with Gasteiger partial charge in [-0.25, -0.2) is 0 Å². The number of hydrogen-bond acceptors (Lipinski definition) is 4. The first kappa shape index (κ1) is 15.9. The van der Waals surface area contributed by atoms with E-state index in [1.165, 1.54) is 7.11 Å². The van der Waals surface area contributed by atoms with Gasteiger partial charge in [0.25, 0.3) is 0 Å². The van der Waals surface area contributed by atoms with Crippen LogP contribution in [0.3, 0.4) is 0 Å². The van der Waals surface area contributed by atoms with Gasteiger partial charge < -0.3 is 14.4 Å². The van der Waals surface area contributed by atoms with Crippen LogP contribution in [-0.4, -0.2) is 50.7 Å². The highest BCUT2D eigenvalue weighted by molar-refractivity contribution is 5.79. The maximum absolute atomic E-state index is 11.9. The molecule has 1 amide bonds. The van der Waals surface area contributed by atoms with Gasteiger partial charge in [0.15, 0.2) is 0 Å². The molecule has 1 atom stereocenters. The Morgan fingerprint density at radius 3 is 2.18 bits per heavy atom. The van der Waals surface area contributed by atoms with E-state index in [2.05, 4.69) is 4.74 Å². The van der Waals surface area contributed by atoms with E-state index < -0.39 is 0 Å². The van der Waals surface area contributed by atoms with Gasteiger partial charge in [0.1, 0.15) is 0 Å². The first-order valence-corrected chi connectivity index (χ1v) is 5.79. The molecule has 0 bridgehead atoms. The zero-order valence-corrected chi connectivity index (χ0v) is 11.4. The van der Waals surface area contributed by atoms with Crippen molar-refractivity contribution in [2.24, 2.45) is 11.8 Å². The van der Waals surface area contributed by atoms with Crippen molar-refractivity contribution < 1.29 is 19.1 Å². The van der Waals surface area contributed by atoms with Crippen LogP contribution in [0.4, 0.5) is 0 Å². The van der Waals surface area contributed by atoms with Crippen LogP contribution in [0.15, 0.2) is 0 Å². The summed E-state index contributed by atoms with van der Waals surface area (Å²) in [5, 5.41) is 0. The quantitative estimate of drug-likeness (QED) is 0.626. The molecule has 0 aliphatic rings. The average molecular weight is 245 g/mol. The van der Waals surface area contributed by atoms with Gasteiger partial charge in [-0.15, -0.1) is 0 Å². The molecule has 0 aliphatic heterocycles. The minimum absolute atomic E-state index is 0.0257. The number of rotatable bonds is 7. The lowest BCUT2D eigenvalue weighted by atomic mass is 10.1. The smallest absolute Gasteiger partial charge is 0.310 e. The standard InChI is InChI=1S/C12H23NO4/c1-9(2)11(14)13(6-7-16-4)8-10(3)12(15)17-5/h9-10H,6-8H2,1-5H3. The van der Waals surface area contributed by atoms with Gasteiger partial charge in [0, 0.05) is 26.1 Å². The van der Waals surface area contributed by atoms with Gasteiger partial charge in [0.2, 0.25) is 5.91 Å². The molecule has 0 rings (SSSR count). The number of nitrogens with zero attached hydrogens (tertiary/aromatic N) is 1. The highest BCUT2D eigenvalue weighted by Gasteiger charge is 2.22. The first-order chi connectivity index (χ1) is 7.93. The SMILES string of the molecule is COCCN(CC(C)C(=O)OC)C(=O)C(C)C. The number of hydrogen-bond donors (Lipinski definition) is 0. The topological polar surface area (TPSA) is 55.8 Å². The summed E-state index contributed by atoms with van der Waals surface area (Å²) in [5.74, 6) is -0.682. The molecule has 0 fully saturated rings. The Morgan fingerprint density at radius 2 is 1.76 bits per heavy atom. The Hall–Kier alpha value is -1.10. The monoisotopic (exact) mass is 245 g/mol. The zero-order valence-electron chi connectivity index (χ0n) is 11.4. The molecule has 1 unspecified atom stereocenters. The number of amides is 1. The number of methoxy groups -OCH3 is 2. The summed E-state index contributed by atoms with van der Waals surface area (Å²) in [7, 11) is 2.93. The lowest BCUT2D eigenvalue weighted by molar-refractivity contribution is -0.147. The fourth-order valence-electron chi connectivity index (χ4n) is 1.46. The Morgan fingerprint density at radius 1 is 1.18 bits per heavy atom. The molecular formula is C12H23NO4. The summed E-state index contributed by atoms with van der Waals surface area (Å²) in [4.78, 5) is 24.9. The molecule has 0 saturated carbocycles. The number of carbonyl (C=O) groups excluding carboxylic acids is 2. The average Bonchev–Trinajstić information content (AvgIpc) is 2.31. The Balaban J connectivity index is 4.47. The molecule has 0 aromatic heterocycles. The highest BCUT2D eigenvalue weighted by atomic mass is 16.5. The molecule has 0 heterocycles. The summed E-state index contributed by atoms with van der Waals surface area (Å²) in [6.45, 7) is 6.75. The van der Waals surface area contributed by atoms with Crippen molar-refractivity contribution in [2.75, 3.05) is 33.9 Å². The van der Waals surface area contributed by atoms with Crippen molar-refractivity contribution in [2.45, 2.75) is 20.8 Å². The second-order valence-electron chi connectivity index (χ2n) is 4.36. The molecule has 17 heavy (non-hydrogen) atoms. The van der Waals surface area contributed by atoms with Crippen LogP contribution in [0.5, 0.6) is 0 Å². The minimum Gasteiger partial charge on any atom is -0.469 e. The summed E-state index contributed by atoms with van der Waals surface area (Å²) in [6.07, 6.45) is 0. The molecule has 0 aromatic carbocycles. The predicted octanol–water partition coefficient (Wildman–Crippen LogP) is 0.926. The van der Waals surface area contributed by atoms with Crippen LogP contribution in [0.2, 0.25) is 0 Å². The summed E-state index contributed by atoms with van der Waals surface area (Å²) in [6, 6.07) is 0. The van der Waals surface area contributed by atoms with Crippen LogP contribution >= 0.6 is 0 Å². The third-order valence-electron chi connectivity index (χ3n) is 2.47. The number of ether oxygens (including phenoxy) is 2. The number of carbonyl (C=O) groups is 2. The van der Waals surface area contributed by atoms with Crippen molar-refractivity contribution in [1.82, 2.24) is 4.90 Å². The molecule has 0 saturated heterocycles. The van der Waals surface area contributed by atoms with E-state index in [4.69, 9.17) is 4.74 Å². The van der Waals surface area contributed by atoms with Crippen molar-refractivity contribution in [3.05, 3.63) is 0 Å². The maximum atomic E-state index is 11.9. The third-order valence-corrected chi connectivity index (χ3v) is 2.47. The van der Waals surface area contributed by atoms with Gasteiger partial charge in [-0.2, -0.15) is 0 Å². The lowest BCUT2D eigenvalue weighted by Gasteiger charge is -2.26. The van der Waals surface area contributed by atoms with E-state index in [1.807, 2.05) is 13.8 Å². The summed E-state index contributed by atoms with van der Waals surface area (Å²) in [5.41, 5.74) is 0. The van der Waals surface area contributed by atoms with E-state index in [1.54, 1.807) is 18.9 Å². The normalized spacial score (nSPS) is 12.4. The van der Waals surface area contributed by atoms with Gasteiger partial charge in [-0.05, 0) is 0 Å². The second-order valence-corrected chi connectivity index (χ2v) is 4.36. The van der Waals surface area contributed by atoms with Gasteiger partial charge in [-0.1, -0.05) is 20.8 Å². The van der Waals surface area contributed by atoms with Crippen LogP contribution in [0.1, 0.15) is 20.8 Å². The lowest BCUT2D eigenvalue weighted by Crippen LogP contribution is -2.41. The van der Waals surface area contributed by atoms with Crippen LogP contribution in [-0.2, 0) is 19.1 Å². The molecular weight excluding hydrogens is 222 g/mol. The first-order valence-electron chi connectivity index (χ1n) is 5.79. The molecule has 5 heteroatoms. The van der Waals surface area contributed by atoms with Gasteiger partial charge >= 0.3 is 5.97 Å². The molecule has 0 spiro atoms. The molecule has 100 valence electrons. The van der Waals surface area contributed by atoms with E-state index >= 15 is 0 Å². The largest absolute Gasteiger partial charge is 0.469 e. The van der Waals surface area contributed by atoms with Crippen molar-refractivity contribution in [3.8, 4) is 0 Å². The molecule has 0 radical (unpaired) electrons. The Kier molecular flexibility index (Phi) is 7.54. The molecule has 5 nitrogen and oxygen atoms in total. The summed E-state index contributed by atoms with van der Waals surface area (Å²) < 4.78 is 9.61. The van der Waals surface area contributed by atoms with Crippen LogP contribution in [0.25, 0.3) is 0 Å². The Labute approximate surface area is 103 Å². The van der Waals surface area contributed by atoms with Crippen LogP contribution in [0, 0.1) is 11.8 Å². The maximum Gasteiger partial charge on any atom is 0.310 e. The molecule has 0 aliphatic carbocycles. The predicted molar refractivity (Wildman–Crippen MR) is 64.5 cm³/mol. The molecule has 0 N–H and O–H groups in total. The minimum atomic E-state index is -0.320. The van der Waals surface area contributed by atoms with Crippen LogP contribution < -0.4 is 0 Å². The van der Waals surface area contributed by atoms with Crippen molar-refractivity contribution in [3.63, 3.8) is 0 Å². The summed E-state index contributed by atoms with van der Waals surface area (Å²) >= 11 is 0. The van der Waals surface area contributed by atoms with E-state index in [9.17, 15) is 9.59 Å². The van der Waals surface area contributed by atoms with E-state index in [0.29, 0.717) is 19.7 Å². The number of esters is 1. The van der Waals surface area contributed by atoms with E-state index in [-0.39, 0.29) is 23.7 Å². The van der Waals surface area contributed by atoms with Gasteiger partial charge in [-0.3, -0.25) is 9.59 Å². The van der Waals surface area contributed by atoms with E-state index in [0.717, 1.165) is 0 Å². The Bertz CT molecular complexity index is 253.